The number of nitrogens with one attached hydrogen (secondary N) is 1. The second-order valence-corrected chi connectivity index (χ2v) is 4.41. The van der Waals surface area contributed by atoms with E-state index >= 15 is 0 Å². The van der Waals surface area contributed by atoms with Gasteiger partial charge < -0.3 is 5.32 Å². The van der Waals surface area contributed by atoms with Crippen LogP contribution in [0, 0.1) is 0 Å². The summed E-state index contributed by atoms with van der Waals surface area (Å²) in [5, 5.41) is 3.22. The van der Waals surface area contributed by atoms with E-state index in [9.17, 15) is 13.2 Å². The molecule has 1 unspecified atom stereocenters. The van der Waals surface area contributed by atoms with Gasteiger partial charge in [0.1, 0.15) is 0 Å². The molecule has 1 atom stereocenters. The third-order valence-electron chi connectivity index (χ3n) is 1.85. The number of halogens is 3. The van der Waals surface area contributed by atoms with Gasteiger partial charge in [0.05, 0.1) is 0 Å². The van der Waals surface area contributed by atoms with Gasteiger partial charge in [0.25, 0.3) is 0 Å². The second-order valence-electron chi connectivity index (χ2n) is 3.25. The van der Waals surface area contributed by atoms with Crippen molar-refractivity contribution in [3.05, 3.63) is 0 Å². The molecule has 0 heterocycles. The van der Waals surface area contributed by atoms with E-state index in [4.69, 9.17) is 0 Å². The van der Waals surface area contributed by atoms with Crippen LogP contribution in [0.15, 0.2) is 0 Å². The quantitative estimate of drug-likeness (QED) is 0.671. The van der Waals surface area contributed by atoms with Crippen LogP contribution in [0.4, 0.5) is 13.2 Å². The zero-order valence-electron chi connectivity index (χ0n) is 8.66. The maximum atomic E-state index is 11.7. The van der Waals surface area contributed by atoms with Crippen LogP contribution in [-0.2, 0) is 0 Å². The minimum Gasteiger partial charge on any atom is -0.315 e. The molecular weight excluding hydrogens is 211 g/mol. The largest absolute Gasteiger partial charge is 0.441 e. The average molecular weight is 229 g/mol. The molecule has 0 aromatic rings. The van der Waals surface area contributed by atoms with Gasteiger partial charge in [0.15, 0.2) is 0 Å². The average Bonchev–Trinajstić information content (AvgIpc) is 2.02. The number of hydrogen-bond donors (Lipinski definition) is 1. The van der Waals surface area contributed by atoms with Crippen molar-refractivity contribution in [2.24, 2.45) is 0 Å². The van der Waals surface area contributed by atoms with Crippen molar-refractivity contribution >= 4 is 11.8 Å². The lowest BCUT2D eigenvalue weighted by atomic mass is 10.1. The lowest BCUT2D eigenvalue weighted by Gasteiger charge is -2.11. The first kappa shape index (κ1) is 14.1. The predicted octanol–water partition coefficient (Wildman–Crippen LogP) is 3.41. The number of thioether (sulfide) groups is 1. The third kappa shape index (κ3) is 10.2. The lowest BCUT2D eigenvalue weighted by molar-refractivity contribution is -0.0328. The Bertz CT molecular complexity index is 139. The van der Waals surface area contributed by atoms with E-state index in [-0.39, 0.29) is 17.5 Å². The first-order valence-electron chi connectivity index (χ1n) is 4.89. The monoisotopic (exact) mass is 229 g/mol. The molecule has 0 spiro atoms. The molecule has 0 aliphatic heterocycles. The topological polar surface area (TPSA) is 12.0 Å². The number of alkyl halides is 3. The Labute approximate surface area is 87.8 Å². The van der Waals surface area contributed by atoms with Gasteiger partial charge in [0, 0.05) is 11.8 Å². The van der Waals surface area contributed by atoms with Gasteiger partial charge in [-0.25, -0.2) is 0 Å². The van der Waals surface area contributed by atoms with E-state index < -0.39 is 5.51 Å². The molecule has 0 aromatic carbocycles. The fourth-order valence-corrected chi connectivity index (χ4v) is 1.77. The van der Waals surface area contributed by atoms with Crippen LogP contribution < -0.4 is 5.32 Å². The highest BCUT2D eigenvalue weighted by molar-refractivity contribution is 8.00. The Balaban J connectivity index is 3.21. The van der Waals surface area contributed by atoms with E-state index in [1.165, 1.54) is 0 Å². The molecule has 0 aromatic heterocycles. The van der Waals surface area contributed by atoms with E-state index in [1.807, 2.05) is 6.92 Å². The highest BCUT2D eigenvalue weighted by Crippen LogP contribution is 2.30. The van der Waals surface area contributed by atoms with Crippen LogP contribution in [0.25, 0.3) is 0 Å². The first-order valence-corrected chi connectivity index (χ1v) is 5.88. The van der Waals surface area contributed by atoms with E-state index in [0.717, 1.165) is 19.4 Å². The van der Waals surface area contributed by atoms with Crippen molar-refractivity contribution < 1.29 is 13.2 Å². The Hall–Kier alpha value is 0.100. The number of rotatable bonds is 7. The summed E-state index contributed by atoms with van der Waals surface area (Å²) in [4.78, 5) is 0. The minimum absolute atomic E-state index is 0.0782. The van der Waals surface area contributed by atoms with Crippen LogP contribution >= 0.6 is 11.8 Å². The Kier molecular flexibility index (Phi) is 7.45. The molecule has 0 fully saturated rings. The summed E-state index contributed by atoms with van der Waals surface area (Å²) in [5.74, 6) is 0.183. The van der Waals surface area contributed by atoms with Gasteiger partial charge in [-0.15, -0.1) is 0 Å². The molecule has 0 amide bonds. The molecule has 0 saturated carbocycles. The molecule has 0 aliphatic rings. The molecule has 0 radical (unpaired) electrons. The number of unbranched alkanes of at least 4 members (excludes halogenated alkanes) is 1. The normalized spacial score (nSPS) is 14.4. The van der Waals surface area contributed by atoms with E-state index in [2.05, 4.69) is 12.2 Å². The van der Waals surface area contributed by atoms with Crippen LogP contribution in [0.1, 0.15) is 33.1 Å². The zero-order valence-corrected chi connectivity index (χ0v) is 9.47. The van der Waals surface area contributed by atoms with Crippen molar-refractivity contribution in [3.8, 4) is 0 Å². The van der Waals surface area contributed by atoms with Crippen molar-refractivity contribution in [2.75, 3.05) is 12.3 Å². The number of hydrogen-bond acceptors (Lipinski definition) is 2. The van der Waals surface area contributed by atoms with Crippen molar-refractivity contribution in [1.29, 1.82) is 0 Å². The Morgan fingerprint density at radius 2 is 1.93 bits per heavy atom. The van der Waals surface area contributed by atoms with Gasteiger partial charge in [-0.05, 0) is 26.3 Å². The summed E-state index contributed by atoms with van der Waals surface area (Å²) >= 11 is 0.0782. The van der Waals surface area contributed by atoms with E-state index in [0.29, 0.717) is 12.5 Å². The Morgan fingerprint density at radius 1 is 1.29 bits per heavy atom. The standard InChI is InChI=1S/C9H18F3NS/c1-3-13-8(2)6-4-5-7-14-9(10,11)12/h8,13H,3-7H2,1-2H3. The zero-order chi connectivity index (χ0) is 11.0. The molecular formula is C9H18F3NS. The summed E-state index contributed by atoms with van der Waals surface area (Å²) in [5.41, 5.74) is -4.06. The second kappa shape index (κ2) is 7.40. The predicted molar refractivity (Wildman–Crippen MR) is 55.5 cm³/mol. The van der Waals surface area contributed by atoms with E-state index in [1.54, 1.807) is 0 Å². The van der Waals surface area contributed by atoms with Crippen LogP contribution in [0.3, 0.4) is 0 Å². The molecule has 86 valence electrons. The third-order valence-corrected chi connectivity index (χ3v) is 2.67. The molecule has 1 nitrogen and oxygen atoms in total. The molecule has 0 rings (SSSR count). The van der Waals surface area contributed by atoms with Crippen LogP contribution in [-0.4, -0.2) is 23.8 Å². The highest BCUT2D eigenvalue weighted by atomic mass is 32.2. The van der Waals surface area contributed by atoms with Crippen molar-refractivity contribution in [2.45, 2.75) is 44.7 Å². The maximum absolute atomic E-state index is 11.7. The molecule has 1 N–H and O–H groups in total. The van der Waals surface area contributed by atoms with Gasteiger partial charge in [0.2, 0.25) is 0 Å². The van der Waals surface area contributed by atoms with Gasteiger partial charge >= 0.3 is 5.51 Å². The molecule has 14 heavy (non-hydrogen) atoms. The fraction of sp³-hybridized carbons (Fsp3) is 1.00. The van der Waals surface area contributed by atoms with Gasteiger partial charge in [-0.1, -0.05) is 25.1 Å². The summed E-state index contributed by atoms with van der Waals surface area (Å²) in [7, 11) is 0. The van der Waals surface area contributed by atoms with Crippen LogP contribution in [0.2, 0.25) is 0 Å². The van der Waals surface area contributed by atoms with Crippen molar-refractivity contribution in [3.63, 3.8) is 0 Å². The molecule has 0 aliphatic carbocycles. The SMILES string of the molecule is CCNC(C)CCCCSC(F)(F)F. The summed E-state index contributed by atoms with van der Waals surface area (Å²) in [6.07, 6.45) is 2.45. The Morgan fingerprint density at radius 3 is 2.43 bits per heavy atom. The van der Waals surface area contributed by atoms with Crippen molar-refractivity contribution in [1.82, 2.24) is 5.32 Å². The maximum Gasteiger partial charge on any atom is 0.441 e. The highest BCUT2D eigenvalue weighted by Gasteiger charge is 2.27. The minimum atomic E-state index is -4.06. The fourth-order valence-electron chi connectivity index (χ4n) is 1.19. The summed E-state index contributed by atoms with van der Waals surface area (Å²) in [6, 6.07) is 0.413. The van der Waals surface area contributed by atoms with Gasteiger partial charge in [-0.2, -0.15) is 13.2 Å². The lowest BCUT2D eigenvalue weighted by Crippen LogP contribution is -2.25. The molecule has 5 heteroatoms. The summed E-state index contributed by atoms with van der Waals surface area (Å²) in [6.45, 7) is 4.99. The summed E-state index contributed by atoms with van der Waals surface area (Å²) < 4.78 is 35.1. The smallest absolute Gasteiger partial charge is 0.315 e. The molecule has 0 saturated heterocycles. The first-order chi connectivity index (χ1) is 6.45. The van der Waals surface area contributed by atoms with Gasteiger partial charge in [-0.3, -0.25) is 0 Å². The molecule has 0 bridgehead atoms. The van der Waals surface area contributed by atoms with Crippen LogP contribution in [0.5, 0.6) is 0 Å².